The number of carbonyl (C=O) groups is 6. The predicted molar refractivity (Wildman–Crippen MR) is 205 cm³/mol. The zero-order chi connectivity index (χ0) is 44.2. The van der Waals surface area contributed by atoms with E-state index in [4.69, 9.17) is 61.6 Å². The SMILES string of the molecule is COc1cc([C@@H]2c3cc4c(cc3[C@@H](OC3OC(COC(C)=O)C(OC(C)=O)C(OC(C)=O)C3OC(C)=O)[C@H]3COC(=O)[C@H]23)OCO4)cc(OC)c1OC(=O)OCc1ccccc1. The summed E-state index contributed by atoms with van der Waals surface area (Å²) in [5, 5.41) is 0. The number of ether oxygens (including phenoxy) is 13. The summed E-state index contributed by atoms with van der Waals surface area (Å²) >= 11 is 0. The first-order valence-corrected chi connectivity index (χ1v) is 19.5. The van der Waals surface area contributed by atoms with Gasteiger partial charge in [-0.1, -0.05) is 30.3 Å². The van der Waals surface area contributed by atoms with E-state index < -0.39 is 97.2 Å². The normalized spacial score (nSPS) is 25.5. The minimum atomic E-state index is -1.59. The second-order valence-corrected chi connectivity index (χ2v) is 14.6. The van der Waals surface area contributed by atoms with Gasteiger partial charge in [-0.3, -0.25) is 24.0 Å². The van der Waals surface area contributed by atoms with Crippen molar-refractivity contribution in [3.63, 3.8) is 0 Å². The Morgan fingerprint density at radius 2 is 1.32 bits per heavy atom. The third-order valence-corrected chi connectivity index (χ3v) is 10.6. The fourth-order valence-electron chi connectivity index (χ4n) is 8.14. The number of rotatable bonds is 13. The van der Waals surface area contributed by atoms with Gasteiger partial charge in [0.05, 0.1) is 32.8 Å². The standard InChI is InChI=1S/C43H44O19/c1-20(44)52-18-33-38(57-21(2)45)39(58-22(3)46)40(59-23(4)47)42(60-33)61-36-27-15-30-29(55-19-56-30)14-26(27)34(35-28(36)17-53-41(35)48)25-12-31(50-5)37(32(13-25)51-6)62-43(49)54-16-24-10-8-7-9-11-24/h7-15,28,33-36,38-40,42H,16-19H2,1-6H3/t28-,33?,34+,35-,36+,38?,39?,40?,42?/m0/s1. The Kier molecular flexibility index (Phi) is 13.0. The van der Waals surface area contributed by atoms with Crippen LogP contribution in [0, 0.1) is 11.8 Å². The summed E-state index contributed by atoms with van der Waals surface area (Å²) in [5.74, 6) is -5.44. The summed E-state index contributed by atoms with van der Waals surface area (Å²) in [5.41, 5.74) is 2.23. The molecule has 3 aliphatic heterocycles. The molecule has 4 aliphatic rings. The summed E-state index contributed by atoms with van der Waals surface area (Å²) in [6.45, 7) is 3.71. The van der Waals surface area contributed by atoms with Crippen LogP contribution in [0.3, 0.4) is 0 Å². The van der Waals surface area contributed by atoms with E-state index in [0.29, 0.717) is 28.2 Å². The van der Waals surface area contributed by atoms with E-state index in [1.165, 1.54) is 14.2 Å². The molecule has 0 amide bonds. The van der Waals surface area contributed by atoms with Gasteiger partial charge in [0.25, 0.3) is 0 Å². The molecule has 3 aromatic carbocycles. The highest BCUT2D eigenvalue weighted by atomic mass is 16.7. The van der Waals surface area contributed by atoms with Crippen LogP contribution in [-0.2, 0) is 68.5 Å². The van der Waals surface area contributed by atoms with Crippen molar-refractivity contribution in [3.05, 3.63) is 76.9 Å². The number of fused-ring (bicyclic) bond motifs is 3. The highest BCUT2D eigenvalue weighted by molar-refractivity contribution is 5.79. The number of hydrogen-bond donors (Lipinski definition) is 0. The highest BCUT2D eigenvalue weighted by Crippen LogP contribution is 2.57. The maximum absolute atomic E-state index is 14.0. The van der Waals surface area contributed by atoms with Gasteiger partial charge in [0.1, 0.15) is 19.3 Å². The topological polar surface area (TPSA) is 222 Å². The second kappa shape index (κ2) is 18.6. The Hall–Kier alpha value is -6.60. The van der Waals surface area contributed by atoms with E-state index in [0.717, 1.165) is 33.3 Å². The molecule has 2 saturated heterocycles. The smallest absolute Gasteiger partial charge is 0.493 e. The van der Waals surface area contributed by atoms with E-state index in [1.807, 2.05) is 6.07 Å². The molecule has 0 N–H and O–H groups in total. The molecule has 3 aromatic rings. The molecule has 5 unspecified atom stereocenters. The number of methoxy groups -OCH3 is 2. The second-order valence-electron chi connectivity index (χ2n) is 14.6. The van der Waals surface area contributed by atoms with Crippen LogP contribution in [0.5, 0.6) is 28.7 Å². The van der Waals surface area contributed by atoms with Crippen molar-refractivity contribution in [3.8, 4) is 28.7 Å². The van der Waals surface area contributed by atoms with Gasteiger partial charge in [-0.2, -0.15) is 0 Å². The molecule has 0 radical (unpaired) electrons. The summed E-state index contributed by atoms with van der Waals surface area (Å²) < 4.78 is 74.8. The van der Waals surface area contributed by atoms with Crippen molar-refractivity contribution in [1.29, 1.82) is 0 Å². The van der Waals surface area contributed by atoms with E-state index in [1.54, 1.807) is 48.5 Å². The molecule has 3 heterocycles. The van der Waals surface area contributed by atoms with Crippen molar-refractivity contribution in [2.45, 2.75) is 77.0 Å². The molecule has 330 valence electrons. The molecular formula is C43H44O19. The first-order chi connectivity index (χ1) is 29.8. The molecule has 0 aromatic heterocycles. The number of esters is 5. The van der Waals surface area contributed by atoms with E-state index >= 15 is 0 Å². The molecule has 7 rings (SSSR count). The zero-order valence-electron chi connectivity index (χ0n) is 34.5. The maximum Gasteiger partial charge on any atom is 0.514 e. The van der Waals surface area contributed by atoms with Gasteiger partial charge < -0.3 is 61.6 Å². The first kappa shape index (κ1) is 43.5. The molecule has 0 saturated carbocycles. The third-order valence-electron chi connectivity index (χ3n) is 10.6. The van der Waals surface area contributed by atoms with Crippen LogP contribution < -0.4 is 23.7 Å². The largest absolute Gasteiger partial charge is 0.514 e. The molecular weight excluding hydrogens is 820 g/mol. The minimum Gasteiger partial charge on any atom is -0.493 e. The first-order valence-electron chi connectivity index (χ1n) is 19.5. The molecule has 9 atom stereocenters. The van der Waals surface area contributed by atoms with Gasteiger partial charge in [0.2, 0.25) is 12.5 Å². The van der Waals surface area contributed by atoms with Crippen molar-refractivity contribution in [2.24, 2.45) is 11.8 Å². The van der Waals surface area contributed by atoms with Crippen LogP contribution in [0.2, 0.25) is 0 Å². The van der Waals surface area contributed by atoms with Gasteiger partial charge in [0.15, 0.2) is 47.6 Å². The predicted octanol–water partition coefficient (Wildman–Crippen LogP) is 4.22. The average Bonchev–Trinajstić information content (AvgIpc) is 3.86. The van der Waals surface area contributed by atoms with Crippen molar-refractivity contribution >= 4 is 36.0 Å². The maximum atomic E-state index is 14.0. The molecule has 1 aliphatic carbocycles. The van der Waals surface area contributed by atoms with Crippen molar-refractivity contribution < 1.29 is 90.3 Å². The highest BCUT2D eigenvalue weighted by Gasteiger charge is 2.58. The Morgan fingerprint density at radius 1 is 0.710 bits per heavy atom. The number of carbonyl (C=O) groups excluding carboxylic acids is 6. The summed E-state index contributed by atoms with van der Waals surface area (Å²) in [7, 11) is 2.75. The molecule has 0 bridgehead atoms. The van der Waals surface area contributed by atoms with Crippen LogP contribution in [0.15, 0.2) is 54.6 Å². The zero-order valence-corrected chi connectivity index (χ0v) is 34.5. The Balaban J connectivity index is 1.29. The lowest BCUT2D eigenvalue weighted by Crippen LogP contribution is -2.63. The molecule has 19 heteroatoms. The van der Waals surface area contributed by atoms with Gasteiger partial charge >= 0.3 is 36.0 Å². The van der Waals surface area contributed by atoms with Crippen LogP contribution >= 0.6 is 0 Å². The van der Waals surface area contributed by atoms with Gasteiger partial charge in [-0.05, 0) is 46.5 Å². The number of benzene rings is 3. The van der Waals surface area contributed by atoms with E-state index in [2.05, 4.69) is 0 Å². The van der Waals surface area contributed by atoms with Gasteiger partial charge in [0, 0.05) is 39.5 Å². The van der Waals surface area contributed by atoms with Gasteiger partial charge in [-0.15, -0.1) is 0 Å². The van der Waals surface area contributed by atoms with Crippen LogP contribution in [0.25, 0.3) is 0 Å². The quantitative estimate of drug-likeness (QED) is 0.133. The van der Waals surface area contributed by atoms with Crippen molar-refractivity contribution in [2.75, 3.05) is 34.2 Å². The Morgan fingerprint density at radius 3 is 1.94 bits per heavy atom. The summed E-state index contributed by atoms with van der Waals surface area (Å²) in [6.07, 6.45) is -9.49. The third kappa shape index (κ3) is 9.18. The van der Waals surface area contributed by atoms with Crippen LogP contribution in [0.4, 0.5) is 4.79 Å². The molecule has 19 nitrogen and oxygen atoms in total. The van der Waals surface area contributed by atoms with E-state index in [9.17, 15) is 28.8 Å². The number of cyclic esters (lactones) is 1. The Labute approximate surface area is 354 Å². The average molecular weight is 865 g/mol. The van der Waals surface area contributed by atoms with Crippen LogP contribution in [0.1, 0.15) is 62.0 Å². The van der Waals surface area contributed by atoms with Crippen LogP contribution in [-0.4, -0.2) is 101 Å². The lowest BCUT2D eigenvalue weighted by atomic mass is 9.66. The van der Waals surface area contributed by atoms with Crippen molar-refractivity contribution in [1.82, 2.24) is 0 Å². The molecule has 62 heavy (non-hydrogen) atoms. The summed E-state index contributed by atoms with van der Waals surface area (Å²) in [6, 6.07) is 15.6. The fraction of sp³-hybridized carbons (Fsp3) is 0.442. The summed E-state index contributed by atoms with van der Waals surface area (Å²) in [4.78, 5) is 76.3. The van der Waals surface area contributed by atoms with Gasteiger partial charge in [-0.25, -0.2) is 4.79 Å². The molecule has 0 spiro atoms. The minimum absolute atomic E-state index is 0.0523. The number of hydrogen-bond acceptors (Lipinski definition) is 19. The lowest BCUT2D eigenvalue weighted by molar-refractivity contribution is -0.322. The van der Waals surface area contributed by atoms with E-state index in [-0.39, 0.29) is 37.3 Å². The fourth-order valence-corrected chi connectivity index (χ4v) is 8.14. The monoisotopic (exact) mass is 864 g/mol. The molecule has 2 fully saturated rings. The lowest BCUT2D eigenvalue weighted by Gasteiger charge is -2.46. The Bertz CT molecular complexity index is 2180.